The molecule has 0 aliphatic heterocycles. The summed E-state index contributed by atoms with van der Waals surface area (Å²) in [5.41, 5.74) is 7.02. The lowest BCUT2D eigenvalue weighted by atomic mass is 9.92. The molecule has 90 valence electrons. The summed E-state index contributed by atoms with van der Waals surface area (Å²) in [6, 6.07) is 0. The molecule has 0 saturated heterocycles. The molecule has 0 atom stereocenters. The minimum atomic E-state index is 0.0224. The van der Waals surface area contributed by atoms with Crippen LogP contribution in [-0.2, 0) is 11.8 Å². The Bertz CT molecular complexity index is 369. The summed E-state index contributed by atoms with van der Waals surface area (Å²) in [6.45, 7) is 8.63. The lowest BCUT2D eigenvalue weighted by Gasteiger charge is -2.20. The van der Waals surface area contributed by atoms with Gasteiger partial charge in [0.2, 0.25) is 0 Å². The number of hydrogen-bond acceptors (Lipinski definition) is 3. The van der Waals surface area contributed by atoms with Crippen LogP contribution in [0.2, 0.25) is 0 Å². The summed E-state index contributed by atoms with van der Waals surface area (Å²) in [5, 5.41) is 0. The van der Waals surface area contributed by atoms with Gasteiger partial charge in [-0.15, -0.1) is 0 Å². The second-order valence-electron chi connectivity index (χ2n) is 5.04. The Morgan fingerprint density at radius 1 is 1.25 bits per heavy atom. The zero-order valence-corrected chi connectivity index (χ0v) is 12.6. The molecule has 0 spiro atoms. The molecular formula is C12H20IN3. The largest absolute Gasteiger partial charge is 0.383 e. The molecule has 0 saturated carbocycles. The predicted molar refractivity (Wildman–Crippen MR) is 76.5 cm³/mol. The molecule has 1 heterocycles. The van der Waals surface area contributed by atoms with Gasteiger partial charge < -0.3 is 5.73 Å². The van der Waals surface area contributed by atoms with Crippen LogP contribution in [0, 0.1) is 3.57 Å². The van der Waals surface area contributed by atoms with Crippen molar-refractivity contribution in [2.75, 3.05) is 5.73 Å². The van der Waals surface area contributed by atoms with Gasteiger partial charge in [0, 0.05) is 11.8 Å². The van der Waals surface area contributed by atoms with Crippen LogP contribution in [0.25, 0.3) is 0 Å². The summed E-state index contributed by atoms with van der Waals surface area (Å²) in [4.78, 5) is 8.99. The maximum atomic E-state index is 5.93. The molecular weight excluding hydrogens is 313 g/mol. The molecule has 0 amide bonds. The SMILES string of the molecule is CCCCc1nc(N)c(I)c(C(C)(C)C)n1. The zero-order chi connectivity index (χ0) is 12.3. The smallest absolute Gasteiger partial charge is 0.140 e. The van der Waals surface area contributed by atoms with Crippen LogP contribution in [0.1, 0.15) is 52.1 Å². The second kappa shape index (κ2) is 5.29. The van der Waals surface area contributed by atoms with Crippen LogP contribution >= 0.6 is 22.6 Å². The standard InChI is InChI=1S/C12H20IN3/c1-5-6-7-8-15-10(12(2,3)4)9(13)11(14)16-8/h5-7H2,1-4H3,(H2,14,15,16). The molecule has 0 aromatic carbocycles. The number of nitrogen functional groups attached to an aromatic ring is 1. The van der Waals surface area contributed by atoms with Crippen LogP contribution in [0.4, 0.5) is 5.82 Å². The quantitative estimate of drug-likeness (QED) is 0.864. The van der Waals surface area contributed by atoms with Gasteiger partial charge in [0.25, 0.3) is 0 Å². The van der Waals surface area contributed by atoms with Gasteiger partial charge in [-0.25, -0.2) is 9.97 Å². The average Bonchev–Trinajstić information content (AvgIpc) is 2.17. The summed E-state index contributed by atoms with van der Waals surface area (Å²) in [7, 11) is 0. The molecule has 2 N–H and O–H groups in total. The van der Waals surface area contributed by atoms with Crippen LogP contribution in [-0.4, -0.2) is 9.97 Å². The molecule has 4 heteroatoms. The predicted octanol–water partition coefficient (Wildman–Crippen LogP) is 3.30. The molecule has 3 nitrogen and oxygen atoms in total. The Hall–Kier alpha value is -0.390. The highest BCUT2D eigenvalue weighted by molar-refractivity contribution is 14.1. The van der Waals surface area contributed by atoms with Crippen LogP contribution < -0.4 is 5.73 Å². The van der Waals surface area contributed by atoms with Crippen molar-refractivity contribution in [3.63, 3.8) is 0 Å². The molecule has 0 aliphatic rings. The van der Waals surface area contributed by atoms with Gasteiger partial charge in [-0.1, -0.05) is 34.1 Å². The first kappa shape index (κ1) is 13.7. The lowest BCUT2D eigenvalue weighted by molar-refractivity contribution is 0.556. The molecule has 0 fully saturated rings. The fourth-order valence-corrected chi connectivity index (χ4v) is 2.51. The van der Waals surface area contributed by atoms with Crippen LogP contribution in [0.5, 0.6) is 0 Å². The first-order valence-corrected chi connectivity index (χ1v) is 6.76. The highest BCUT2D eigenvalue weighted by Crippen LogP contribution is 2.28. The van der Waals surface area contributed by atoms with Crippen molar-refractivity contribution < 1.29 is 0 Å². The normalized spacial score (nSPS) is 11.8. The number of aryl methyl sites for hydroxylation is 1. The van der Waals surface area contributed by atoms with Crippen molar-refractivity contribution in [2.24, 2.45) is 0 Å². The molecule has 0 unspecified atom stereocenters. The number of nitrogens with two attached hydrogens (primary N) is 1. The number of halogens is 1. The third kappa shape index (κ3) is 3.30. The van der Waals surface area contributed by atoms with E-state index in [0.29, 0.717) is 5.82 Å². The summed E-state index contributed by atoms with van der Waals surface area (Å²) in [6.07, 6.45) is 3.18. The number of rotatable bonds is 3. The van der Waals surface area contributed by atoms with E-state index in [9.17, 15) is 0 Å². The minimum Gasteiger partial charge on any atom is -0.383 e. The molecule has 1 rings (SSSR count). The van der Waals surface area contributed by atoms with Crippen molar-refractivity contribution in [3.05, 3.63) is 15.1 Å². The van der Waals surface area contributed by atoms with Crippen LogP contribution in [0.3, 0.4) is 0 Å². The summed E-state index contributed by atoms with van der Waals surface area (Å²) < 4.78 is 0.991. The van der Waals surface area contributed by atoms with E-state index in [-0.39, 0.29) is 5.41 Å². The Kier molecular flexibility index (Phi) is 4.52. The van der Waals surface area contributed by atoms with E-state index in [2.05, 4.69) is 60.3 Å². The minimum absolute atomic E-state index is 0.0224. The lowest BCUT2D eigenvalue weighted by Crippen LogP contribution is -2.19. The third-order valence-corrected chi connectivity index (χ3v) is 3.45. The summed E-state index contributed by atoms with van der Waals surface area (Å²) >= 11 is 2.23. The van der Waals surface area contributed by atoms with E-state index >= 15 is 0 Å². The van der Waals surface area contributed by atoms with Gasteiger partial charge in [-0.2, -0.15) is 0 Å². The van der Waals surface area contributed by atoms with E-state index in [1.165, 1.54) is 0 Å². The highest BCUT2D eigenvalue weighted by atomic mass is 127. The first-order valence-electron chi connectivity index (χ1n) is 5.68. The van der Waals surface area contributed by atoms with Crippen LogP contribution in [0.15, 0.2) is 0 Å². The number of anilines is 1. The van der Waals surface area contributed by atoms with E-state index in [0.717, 1.165) is 34.4 Å². The zero-order valence-electron chi connectivity index (χ0n) is 10.5. The van der Waals surface area contributed by atoms with Crippen molar-refractivity contribution in [1.82, 2.24) is 9.97 Å². The highest BCUT2D eigenvalue weighted by Gasteiger charge is 2.21. The number of aromatic nitrogens is 2. The third-order valence-electron chi connectivity index (χ3n) is 2.39. The first-order chi connectivity index (χ1) is 7.36. The molecule has 1 aromatic rings. The Labute approximate surface area is 111 Å². The number of hydrogen-bond donors (Lipinski definition) is 1. The van der Waals surface area contributed by atoms with Gasteiger partial charge in [0.15, 0.2) is 0 Å². The van der Waals surface area contributed by atoms with E-state index in [4.69, 9.17) is 5.73 Å². The maximum Gasteiger partial charge on any atom is 0.140 e. The van der Waals surface area contributed by atoms with E-state index < -0.39 is 0 Å². The Morgan fingerprint density at radius 2 is 1.88 bits per heavy atom. The van der Waals surface area contributed by atoms with Gasteiger partial charge >= 0.3 is 0 Å². The molecule has 0 radical (unpaired) electrons. The van der Waals surface area contributed by atoms with Gasteiger partial charge in [0.05, 0.1) is 9.26 Å². The number of unbranched alkanes of at least 4 members (excludes halogenated alkanes) is 1. The fraction of sp³-hybridized carbons (Fsp3) is 0.667. The van der Waals surface area contributed by atoms with E-state index in [1.54, 1.807) is 0 Å². The fourth-order valence-electron chi connectivity index (χ4n) is 1.46. The topological polar surface area (TPSA) is 51.8 Å². The second-order valence-corrected chi connectivity index (χ2v) is 6.12. The van der Waals surface area contributed by atoms with E-state index in [1.807, 2.05) is 0 Å². The maximum absolute atomic E-state index is 5.93. The van der Waals surface area contributed by atoms with Crippen molar-refractivity contribution >= 4 is 28.4 Å². The van der Waals surface area contributed by atoms with Crippen molar-refractivity contribution in [2.45, 2.75) is 52.4 Å². The average molecular weight is 333 g/mol. The van der Waals surface area contributed by atoms with Crippen molar-refractivity contribution in [1.29, 1.82) is 0 Å². The Morgan fingerprint density at radius 3 is 2.38 bits per heavy atom. The van der Waals surface area contributed by atoms with Crippen molar-refractivity contribution in [3.8, 4) is 0 Å². The van der Waals surface area contributed by atoms with Gasteiger partial charge in [0.1, 0.15) is 11.6 Å². The Balaban J connectivity index is 3.12. The number of nitrogens with zero attached hydrogens (tertiary/aromatic N) is 2. The molecule has 16 heavy (non-hydrogen) atoms. The molecule has 0 bridgehead atoms. The van der Waals surface area contributed by atoms with Gasteiger partial charge in [-0.3, -0.25) is 0 Å². The monoisotopic (exact) mass is 333 g/mol. The summed E-state index contributed by atoms with van der Waals surface area (Å²) in [5.74, 6) is 1.50. The molecule has 1 aromatic heterocycles. The molecule has 0 aliphatic carbocycles. The van der Waals surface area contributed by atoms with Gasteiger partial charge in [-0.05, 0) is 29.0 Å².